The summed E-state index contributed by atoms with van der Waals surface area (Å²) in [5.41, 5.74) is 2.32. The Bertz CT molecular complexity index is 884. The Hall–Kier alpha value is -2.48. The number of nitro benzene ring substituents is 1. The first-order chi connectivity index (χ1) is 12.5. The van der Waals surface area contributed by atoms with E-state index in [0.29, 0.717) is 12.8 Å². The van der Waals surface area contributed by atoms with E-state index in [4.69, 9.17) is 11.6 Å². The van der Waals surface area contributed by atoms with Crippen LogP contribution in [0.4, 0.5) is 5.69 Å². The van der Waals surface area contributed by atoms with Crippen molar-refractivity contribution in [3.05, 3.63) is 38.9 Å². The summed E-state index contributed by atoms with van der Waals surface area (Å²) in [7, 11) is 0. The number of hydrazine groups is 1. The van der Waals surface area contributed by atoms with Crippen LogP contribution < -0.4 is 10.9 Å². The molecule has 1 aromatic carbocycles. The Morgan fingerprint density at radius 1 is 1.19 bits per heavy atom. The molecule has 2 unspecified atom stereocenters. The summed E-state index contributed by atoms with van der Waals surface area (Å²) in [4.78, 5) is 47.9. The number of rotatable bonds is 3. The van der Waals surface area contributed by atoms with Crippen LogP contribution >= 0.6 is 11.6 Å². The Morgan fingerprint density at radius 2 is 1.85 bits per heavy atom. The summed E-state index contributed by atoms with van der Waals surface area (Å²) in [6.45, 7) is 5.71. The lowest BCUT2D eigenvalue weighted by Gasteiger charge is -2.38. The van der Waals surface area contributed by atoms with Crippen molar-refractivity contribution in [2.45, 2.75) is 40.0 Å². The molecule has 2 N–H and O–H groups in total. The maximum Gasteiger partial charge on any atom is 0.288 e. The first-order valence-electron chi connectivity index (χ1n) is 8.54. The second kappa shape index (κ2) is 6.02. The van der Waals surface area contributed by atoms with Crippen molar-refractivity contribution in [1.82, 2.24) is 10.9 Å². The van der Waals surface area contributed by atoms with Gasteiger partial charge in [-0.3, -0.25) is 35.3 Å². The van der Waals surface area contributed by atoms with Gasteiger partial charge in [0.25, 0.3) is 11.6 Å². The molecule has 0 spiro atoms. The number of halogens is 1. The fourth-order valence-corrected chi connectivity index (χ4v) is 4.65. The molecule has 27 heavy (non-hydrogen) atoms. The van der Waals surface area contributed by atoms with Gasteiger partial charge in [0.15, 0.2) is 0 Å². The van der Waals surface area contributed by atoms with Crippen molar-refractivity contribution < 1.29 is 19.3 Å². The third kappa shape index (κ3) is 2.54. The number of nitro groups is 1. The number of ketones is 1. The van der Waals surface area contributed by atoms with Gasteiger partial charge in [-0.15, -0.1) is 0 Å². The number of Topliss-reactive ketones (excluding diaryl/α,β-unsaturated/α-hetero) is 1. The van der Waals surface area contributed by atoms with Gasteiger partial charge in [0.1, 0.15) is 10.8 Å². The Morgan fingerprint density at radius 3 is 2.37 bits per heavy atom. The maximum atomic E-state index is 12.9. The molecule has 2 amide bonds. The summed E-state index contributed by atoms with van der Waals surface area (Å²) in [5.74, 6) is -1.06. The molecule has 9 heteroatoms. The SMILES string of the molecule is CC12CCC(C(=O)NNC(=O)c3ccc(Cl)c([N+](=O)[O-])c3)(CC1=O)C2(C)C. The average Bonchev–Trinajstić information content (AvgIpc) is 2.89. The van der Waals surface area contributed by atoms with Gasteiger partial charge in [-0.1, -0.05) is 32.4 Å². The predicted molar refractivity (Wildman–Crippen MR) is 96.9 cm³/mol. The van der Waals surface area contributed by atoms with Crippen molar-refractivity contribution in [3.63, 3.8) is 0 Å². The zero-order valence-corrected chi connectivity index (χ0v) is 16.0. The number of hydrogen-bond acceptors (Lipinski definition) is 5. The number of benzene rings is 1. The second-order valence-electron chi connectivity index (χ2n) is 7.97. The van der Waals surface area contributed by atoms with E-state index in [1.54, 1.807) is 0 Å². The number of fused-ring (bicyclic) bond motifs is 2. The largest absolute Gasteiger partial charge is 0.299 e. The second-order valence-corrected chi connectivity index (χ2v) is 8.38. The number of amides is 2. The van der Waals surface area contributed by atoms with Gasteiger partial charge in [0, 0.05) is 23.5 Å². The Balaban J connectivity index is 1.75. The molecule has 2 fully saturated rings. The standard InChI is InChI=1S/C18H20ClN3O5/c1-16(2)17(3)6-7-18(16,9-13(17)23)15(25)21-20-14(24)10-4-5-11(19)12(8-10)22(26)27/h4-5,8H,6-7,9H2,1-3H3,(H,20,24)(H,21,25). The number of nitrogens with one attached hydrogen (secondary N) is 2. The van der Waals surface area contributed by atoms with E-state index in [2.05, 4.69) is 10.9 Å². The van der Waals surface area contributed by atoms with E-state index in [1.807, 2.05) is 20.8 Å². The molecule has 1 aromatic rings. The van der Waals surface area contributed by atoms with Crippen LogP contribution in [0.3, 0.4) is 0 Å². The summed E-state index contributed by atoms with van der Waals surface area (Å²) in [6, 6.07) is 3.61. The number of carbonyl (C=O) groups excluding carboxylic acids is 3. The lowest BCUT2D eigenvalue weighted by molar-refractivity contribution is -0.384. The zero-order chi connectivity index (χ0) is 20.2. The molecule has 0 heterocycles. The quantitative estimate of drug-likeness (QED) is 0.604. The fraction of sp³-hybridized carbons (Fsp3) is 0.500. The minimum atomic E-state index is -0.877. The molecule has 2 aliphatic carbocycles. The van der Waals surface area contributed by atoms with Gasteiger partial charge in [-0.05, 0) is 30.4 Å². The van der Waals surface area contributed by atoms with E-state index in [1.165, 1.54) is 12.1 Å². The molecule has 0 radical (unpaired) electrons. The molecule has 0 saturated heterocycles. The van der Waals surface area contributed by atoms with Gasteiger partial charge in [-0.2, -0.15) is 0 Å². The van der Waals surface area contributed by atoms with Gasteiger partial charge in [0.05, 0.1) is 10.3 Å². The van der Waals surface area contributed by atoms with Crippen molar-refractivity contribution in [2.75, 3.05) is 0 Å². The number of hydrogen-bond donors (Lipinski definition) is 2. The molecule has 3 rings (SSSR count). The van der Waals surface area contributed by atoms with Gasteiger partial charge in [0.2, 0.25) is 5.91 Å². The van der Waals surface area contributed by atoms with Crippen molar-refractivity contribution >= 4 is 34.9 Å². The van der Waals surface area contributed by atoms with Crippen LogP contribution in [-0.2, 0) is 9.59 Å². The lowest BCUT2D eigenvalue weighted by atomic mass is 9.64. The molecule has 2 saturated carbocycles. The lowest BCUT2D eigenvalue weighted by Crippen LogP contribution is -2.52. The van der Waals surface area contributed by atoms with Crippen LogP contribution in [0.2, 0.25) is 5.02 Å². The summed E-state index contributed by atoms with van der Waals surface area (Å²) >= 11 is 5.73. The predicted octanol–water partition coefficient (Wildman–Crippen LogP) is 2.79. The van der Waals surface area contributed by atoms with Crippen molar-refractivity contribution in [2.24, 2.45) is 16.2 Å². The minimum absolute atomic E-state index is 0.0121. The molecule has 0 aromatic heterocycles. The van der Waals surface area contributed by atoms with E-state index >= 15 is 0 Å². The van der Waals surface area contributed by atoms with Gasteiger partial charge < -0.3 is 0 Å². The van der Waals surface area contributed by atoms with Crippen LogP contribution in [0.5, 0.6) is 0 Å². The van der Waals surface area contributed by atoms with E-state index < -0.39 is 38.7 Å². The highest BCUT2D eigenvalue weighted by Gasteiger charge is 2.72. The third-order valence-electron chi connectivity index (χ3n) is 6.83. The molecule has 144 valence electrons. The molecular weight excluding hydrogens is 374 g/mol. The Kier molecular flexibility index (Phi) is 4.30. The molecular formula is C18H20ClN3O5. The van der Waals surface area contributed by atoms with Crippen LogP contribution in [0, 0.1) is 26.4 Å². The molecule has 2 atom stereocenters. The van der Waals surface area contributed by atoms with Gasteiger partial charge in [-0.25, -0.2) is 0 Å². The maximum absolute atomic E-state index is 12.9. The monoisotopic (exact) mass is 393 g/mol. The topological polar surface area (TPSA) is 118 Å². The summed E-state index contributed by atoms with van der Waals surface area (Å²) in [6.07, 6.45) is 1.34. The highest BCUT2D eigenvalue weighted by Crippen LogP contribution is 2.70. The first kappa shape index (κ1) is 19.3. The highest BCUT2D eigenvalue weighted by atomic mass is 35.5. The highest BCUT2D eigenvalue weighted by molar-refractivity contribution is 6.32. The fourth-order valence-electron chi connectivity index (χ4n) is 4.46. The molecule has 8 nitrogen and oxygen atoms in total. The number of nitrogens with zero attached hydrogens (tertiary/aromatic N) is 1. The molecule has 2 bridgehead atoms. The van der Waals surface area contributed by atoms with Crippen LogP contribution in [0.25, 0.3) is 0 Å². The molecule has 2 aliphatic rings. The minimum Gasteiger partial charge on any atom is -0.299 e. The van der Waals surface area contributed by atoms with Crippen LogP contribution in [0.15, 0.2) is 18.2 Å². The first-order valence-corrected chi connectivity index (χ1v) is 8.92. The van der Waals surface area contributed by atoms with Crippen LogP contribution in [-0.4, -0.2) is 22.5 Å². The smallest absolute Gasteiger partial charge is 0.288 e. The van der Waals surface area contributed by atoms with Crippen molar-refractivity contribution in [1.29, 1.82) is 0 Å². The third-order valence-corrected chi connectivity index (χ3v) is 7.15. The summed E-state index contributed by atoms with van der Waals surface area (Å²) in [5, 5.41) is 10.9. The average molecular weight is 394 g/mol. The van der Waals surface area contributed by atoms with Gasteiger partial charge >= 0.3 is 0 Å². The number of carbonyl (C=O) groups is 3. The zero-order valence-electron chi connectivity index (χ0n) is 15.2. The Labute approximate surface area is 160 Å². The van der Waals surface area contributed by atoms with E-state index in [9.17, 15) is 24.5 Å². The van der Waals surface area contributed by atoms with Crippen LogP contribution in [0.1, 0.15) is 50.4 Å². The summed E-state index contributed by atoms with van der Waals surface area (Å²) < 4.78 is 0. The van der Waals surface area contributed by atoms with E-state index in [0.717, 1.165) is 6.07 Å². The normalized spacial score (nSPS) is 28.1. The van der Waals surface area contributed by atoms with E-state index in [-0.39, 0.29) is 22.8 Å². The van der Waals surface area contributed by atoms with Crippen molar-refractivity contribution in [3.8, 4) is 0 Å². The molecule has 0 aliphatic heterocycles.